The van der Waals surface area contributed by atoms with Gasteiger partial charge in [-0.2, -0.15) is 0 Å². The Morgan fingerprint density at radius 3 is 2.39 bits per heavy atom. The van der Waals surface area contributed by atoms with Crippen LogP contribution in [-0.2, 0) is 16.1 Å². The SMILES string of the molecule is CCCCNC(=O)C1CCCN(CC(=O)Nc2ccc(N3CCN(Cc4ccccc4)CC3)cc2)C1. The van der Waals surface area contributed by atoms with Crippen molar-refractivity contribution in [2.24, 2.45) is 5.92 Å². The molecular weight excluding hydrogens is 450 g/mol. The zero-order valence-corrected chi connectivity index (χ0v) is 21.6. The zero-order chi connectivity index (χ0) is 25.2. The lowest BCUT2D eigenvalue weighted by molar-refractivity contribution is -0.127. The number of nitrogens with zero attached hydrogens (tertiary/aromatic N) is 3. The maximum absolute atomic E-state index is 12.7. The maximum Gasteiger partial charge on any atom is 0.238 e. The molecule has 7 heteroatoms. The second-order valence-electron chi connectivity index (χ2n) is 10.1. The summed E-state index contributed by atoms with van der Waals surface area (Å²) in [6.07, 6.45) is 3.93. The maximum atomic E-state index is 12.7. The van der Waals surface area contributed by atoms with Gasteiger partial charge >= 0.3 is 0 Å². The van der Waals surface area contributed by atoms with Crippen LogP contribution in [0.2, 0.25) is 0 Å². The third-order valence-corrected chi connectivity index (χ3v) is 7.21. The molecule has 2 saturated heterocycles. The molecule has 0 bridgehead atoms. The van der Waals surface area contributed by atoms with E-state index in [0.717, 1.165) is 77.2 Å². The number of hydrogen-bond acceptors (Lipinski definition) is 5. The van der Waals surface area contributed by atoms with E-state index in [1.807, 2.05) is 12.1 Å². The van der Waals surface area contributed by atoms with Crippen LogP contribution in [0.5, 0.6) is 0 Å². The van der Waals surface area contributed by atoms with Crippen molar-refractivity contribution >= 4 is 23.2 Å². The summed E-state index contributed by atoms with van der Waals surface area (Å²) in [5.41, 5.74) is 3.37. The smallest absolute Gasteiger partial charge is 0.238 e. The van der Waals surface area contributed by atoms with Crippen LogP contribution in [0.3, 0.4) is 0 Å². The number of nitrogens with one attached hydrogen (secondary N) is 2. The van der Waals surface area contributed by atoms with E-state index in [-0.39, 0.29) is 17.7 Å². The summed E-state index contributed by atoms with van der Waals surface area (Å²) in [6, 6.07) is 18.8. The van der Waals surface area contributed by atoms with Crippen LogP contribution in [0.1, 0.15) is 38.2 Å². The third-order valence-electron chi connectivity index (χ3n) is 7.21. The molecule has 4 rings (SSSR count). The van der Waals surface area contributed by atoms with E-state index in [1.165, 1.54) is 11.3 Å². The molecule has 194 valence electrons. The number of carbonyl (C=O) groups is 2. The molecule has 7 nitrogen and oxygen atoms in total. The molecule has 2 aromatic carbocycles. The molecule has 2 N–H and O–H groups in total. The minimum Gasteiger partial charge on any atom is -0.369 e. The predicted octanol–water partition coefficient (Wildman–Crippen LogP) is 3.58. The van der Waals surface area contributed by atoms with E-state index in [2.05, 4.69) is 74.7 Å². The average Bonchev–Trinajstić information content (AvgIpc) is 2.90. The van der Waals surface area contributed by atoms with E-state index in [0.29, 0.717) is 13.1 Å². The highest BCUT2D eigenvalue weighted by Crippen LogP contribution is 2.21. The summed E-state index contributed by atoms with van der Waals surface area (Å²) in [5, 5.41) is 6.07. The van der Waals surface area contributed by atoms with Crippen molar-refractivity contribution in [1.82, 2.24) is 15.1 Å². The first-order chi connectivity index (χ1) is 17.6. The van der Waals surface area contributed by atoms with Gasteiger partial charge in [0.05, 0.1) is 12.5 Å². The molecule has 2 amide bonds. The first-order valence-electron chi connectivity index (χ1n) is 13.5. The lowest BCUT2D eigenvalue weighted by atomic mass is 9.97. The molecule has 0 spiro atoms. The second-order valence-corrected chi connectivity index (χ2v) is 10.1. The van der Waals surface area contributed by atoms with Crippen molar-refractivity contribution in [2.75, 3.05) is 62.6 Å². The lowest BCUT2D eigenvalue weighted by Gasteiger charge is -2.36. The van der Waals surface area contributed by atoms with Gasteiger partial charge in [-0.05, 0) is 55.6 Å². The summed E-state index contributed by atoms with van der Waals surface area (Å²) >= 11 is 0. The number of rotatable bonds is 10. The topological polar surface area (TPSA) is 67.9 Å². The van der Waals surface area contributed by atoms with Crippen LogP contribution in [0.4, 0.5) is 11.4 Å². The molecule has 0 saturated carbocycles. The van der Waals surface area contributed by atoms with E-state index in [9.17, 15) is 9.59 Å². The van der Waals surface area contributed by atoms with Gasteiger partial charge < -0.3 is 15.5 Å². The van der Waals surface area contributed by atoms with E-state index >= 15 is 0 Å². The highest BCUT2D eigenvalue weighted by atomic mass is 16.2. The predicted molar refractivity (Wildman–Crippen MR) is 146 cm³/mol. The Kier molecular flexibility index (Phi) is 9.76. The molecular formula is C29H41N5O2. The van der Waals surface area contributed by atoms with Crippen molar-refractivity contribution in [3.05, 3.63) is 60.2 Å². The Morgan fingerprint density at radius 1 is 0.917 bits per heavy atom. The van der Waals surface area contributed by atoms with Crippen molar-refractivity contribution in [3.8, 4) is 0 Å². The second kappa shape index (κ2) is 13.4. The highest BCUT2D eigenvalue weighted by Gasteiger charge is 2.26. The number of carbonyl (C=O) groups excluding carboxylic acids is 2. The number of benzene rings is 2. The van der Waals surface area contributed by atoms with Gasteiger partial charge in [-0.3, -0.25) is 19.4 Å². The first kappa shape index (κ1) is 26.2. The number of amides is 2. The summed E-state index contributed by atoms with van der Waals surface area (Å²) in [4.78, 5) is 32.1. The van der Waals surface area contributed by atoms with Crippen molar-refractivity contribution in [3.63, 3.8) is 0 Å². The molecule has 36 heavy (non-hydrogen) atoms. The van der Waals surface area contributed by atoms with Crippen molar-refractivity contribution in [1.29, 1.82) is 0 Å². The highest BCUT2D eigenvalue weighted by molar-refractivity contribution is 5.92. The summed E-state index contributed by atoms with van der Waals surface area (Å²) < 4.78 is 0. The first-order valence-corrected chi connectivity index (χ1v) is 13.5. The molecule has 0 aromatic heterocycles. The van der Waals surface area contributed by atoms with Crippen LogP contribution in [0, 0.1) is 5.92 Å². The van der Waals surface area contributed by atoms with E-state index in [1.54, 1.807) is 0 Å². The van der Waals surface area contributed by atoms with Crippen LogP contribution in [0.15, 0.2) is 54.6 Å². The van der Waals surface area contributed by atoms with E-state index < -0.39 is 0 Å². The number of likely N-dealkylation sites (tertiary alicyclic amines) is 1. The van der Waals surface area contributed by atoms with Gasteiger partial charge in [0.25, 0.3) is 0 Å². The molecule has 0 radical (unpaired) electrons. The Morgan fingerprint density at radius 2 is 1.67 bits per heavy atom. The average molecular weight is 492 g/mol. The van der Waals surface area contributed by atoms with Gasteiger partial charge in [0.2, 0.25) is 11.8 Å². The molecule has 2 heterocycles. The van der Waals surface area contributed by atoms with Crippen LogP contribution in [-0.4, -0.2) is 74.0 Å². The molecule has 0 aliphatic carbocycles. The van der Waals surface area contributed by atoms with Crippen LogP contribution in [0.25, 0.3) is 0 Å². The lowest BCUT2D eigenvalue weighted by Crippen LogP contribution is -2.46. The van der Waals surface area contributed by atoms with Gasteiger partial charge in [-0.1, -0.05) is 43.7 Å². The fraction of sp³-hybridized carbons (Fsp3) is 0.517. The number of anilines is 2. The molecule has 1 atom stereocenters. The molecule has 2 aromatic rings. The Labute approximate surface area is 215 Å². The summed E-state index contributed by atoms with van der Waals surface area (Å²) in [5.74, 6) is 0.0882. The van der Waals surface area contributed by atoms with Crippen LogP contribution < -0.4 is 15.5 Å². The monoisotopic (exact) mass is 491 g/mol. The fourth-order valence-electron chi connectivity index (χ4n) is 5.11. The summed E-state index contributed by atoms with van der Waals surface area (Å²) in [6.45, 7) is 9.79. The largest absolute Gasteiger partial charge is 0.369 e. The van der Waals surface area contributed by atoms with Crippen molar-refractivity contribution in [2.45, 2.75) is 39.2 Å². The Balaban J connectivity index is 1.19. The minimum atomic E-state index is -0.0238. The Bertz CT molecular complexity index is 957. The van der Waals surface area contributed by atoms with Gasteiger partial charge in [-0.25, -0.2) is 0 Å². The van der Waals surface area contributed by atoms with E-state index in [4.69, 9.17) is 0 Å². The number of unbranched alkanes of at least 4 members (excludes halogenated alkanes) is 1. The third kappa shape index (κ3) is 7.80. The molecule has 1 unspecified atom stereocenters. The number of piperidine rings is 1. The summed E-state index contributed by atoms with van der Waals surface area (Å²) in [7, 11) is 0. The zero-order valence-electron chi connectivity index (χ0n) is 21.6. The fourth-order valence-corrected chi connectivity index (χ4v) is 5.11. The van der Waals surface area contributed by atoms with Gasteiger partial charge in [0, 0.05) is 57.2 Å². The quantitative estimate of drug-likeness (QED) is 0.498. The minimum absolute atomic E-state index is 0.0177. The van der Waals surface area contributed by atoms with Gasteiger partial charge in [-0.15, -0.1) is 0 Å². The molecule has 2 fully saturated rings. The normalized spacial score (nSPS) is 19.1. The number of hydrogen-bond donors (Lipinski definition) is 2. The van der Waals surface area contributed by atoms with Crippen molar-refractivity contribution < 1.29 is 9.59 Å². The Hall–Kier alpha value is -2.90. The van der Waals surface area contributed by atoms with Gasteiger partial charge in [0.1, 0.15) is 0 Å². The number of piperazine rings is 1. The molecule has 2 aliphatic rings. The van der Waals surface area contributed by atoms with Gasteiger partial charge in [0.15, 0.2) is 0 Å². The molecule has 2 aliphatic heterocycles. The standard InChI is InChI=1S/C29H41N5O2/c1-2-3-15-30-29(36)25-10-7-16-33(22-25)23-28(35)31-26-11-13-27(14-12-26)34-19-17-32(18-20-34)21-24-8-5-4-6-9-24/h4-6,8-9,11-14,25H,2-3,7,10,15-23H2,1H3,(H,30,36)(H,31,35). The van der Waals surface area contributed by atoms with Crippen LogP contribution >= 0.6 is 0 Å².